The van der Waals surface area contributed by atoms with Crippen LogP contribution in [-0.4, -0.2) is 14.8 Å². The fourth-order valence-corrected chi connectivity index (χ4v) is 1.62. The van der Waals surface area contributed by atoms with Crippen molar-refractivity contribution in [3.05, 3.63) is 34.6 Å². The molecule has 0 atom stereocenters. The van der Waals surface area contributed by atoms with Crippen LogP contribution in [0.15, 0.2) is 28.7 Å². The van der Waals surface area contributed by atoms with E-state index in [0.29, 0.717) is 11.8 Å². The summed E-state index contributed by atoms with van der Waals surface area (Å²) in [6.07, 6.45) is 0. The van der Waals surface area contributed by atoms with E-state index in [1.807, 2.05) is 31.2 Å². The molecule has 0 unspecified atom stereocenters. The average Bonchev–Trinajstić information content (AvgIpc) is 2.45. The highest BCUT2D eigenvalue weighted by Crippen LogP contribution is 2.16. The number of halogens is 1. The molecule has 0 aliphatic rings. The van der Waals surface area contributed by atoms with Gasteiger partial charge in [-0.3, -0.25) is 0 Å². The van der Waals surface area contributed by atoms with Crippen LogP contribution in [0, 0.1) is 6.92 Å². The van der Waals surface area contributed by atoms with Crippen LogP contribution in [0.2, 0.25) is 0 Å². The molecule has 4 nitrogen and oxygen atoms in total. The van der Waals surface area contributed by atoms with Gasteiger partial charge in [0.25, 0.3) is 0 Å². The van der Waals surface area contributed by atoms with Crippen LogP contribution < -0.4 is 5.73 Å². The zero-order chi connectivity index (χ0) is 10.1. The van der Waals surface area contributed by atoms with E-state index in [0.717, 1.165) is 10.2 Å². The molecular weight excluding hydrogens is 244 g/mol. The van der Waals surface area contributed by atoms with Crippen molar-refractivity contribution in [3.8, 4) is 5.69 Å². The molecule has 2 aromatic rings. The van der Waals surface area contributed by atoms with E-state index in [9.17, 15) is 0 Å². The molecule has 2 N–H and O–H groups in total. The first kappa shape index (κ1) is 9.21. The minimum atomic E-state index is 0.403. The predicted octanol–water partition coefficient (Wildman–Crippen LogP) is 1.92. The Morgan fingerprint density at radius 3 is 2.79 bits per heavy atom. The fourth-order valence-electron chi connectivity index (χ4n) is 1.23. The molecule has 0 bridgehead atoms. The molecule has 0 amide bonds. The highest BCUT2D eigenvalue weighted by molar-refractivity contribution is 9.10. The van der Waals surface area contributed by atoms with Crippen molar-refractivity contribution in [2.24, 2.45) is 0 Å². The number of hydrogen-bond acceptors (Lipinski definition) is 3. The van der Waals surface area contributed by atoms with Crippen LogP contribution in [0.1, 0.15) is 5.82 Å². The van der Waals surface area contributed by atoms with E-state index >= 15 is 0 Å². The van der Waals surface area contributed by atoms with Gasteiger partial charge in [-0.25, -0.2) is 0 Å². The second-order valence-electron chi connectivity index (χ2n) is 2.91. The Bertz CT molecular complexity index is 464. The van der Waals surface area contributed by atoms with Gasteiger partial charge in [-0.05, 0) is 25.1 Å². The highest BCUT2D eigenvalue weighted by atomic mass is 79.9. The summed E-state index contributed by atoms with van der Waals surface area (Å²) < 4.78 is 2.60. The van der Waals surface area contributed by atoms with Crippen LogP contribution in [0.25, 0.3) is 5.69 Å². The van der Waals surface area contributed by atoms with Gasteiger partial charge in [0.1, 0.15) is 5.82 Å². The Balaban J connectivity index is 2.54. The molecule has 1 aromatic carbocycles. The second-order valence-corrected chi connectivity index (χ2v) is 3.82. The fraction of sp³-hybridized carbons (Fsp3) is 0.111. The Morgan fingerprint density at radius 2 is 2.21 bits per heavy atom. The predicted molar refractivity (Wildman–Crippen MR) is 58.2 cm³/mol. The molecule has 0 radical (unpaired) electrons. The van der Waals surface area contributed by atoms with E-state index < -0.39 is 0 Å². The average molecular weight is 253 g/mol. The van der Waals surface area contributed by atoms with Crippen molar-refractivity contribution < 1.29 is 0 Å². The summed E-state index contributed by atoms with van der Waals surface area (Å²) in [4.78, 5) is 4.03. The van der Waals surface area contributed by atoms with Crippen LogP contribution in [-0.2, 0) is 0 Å². The van der Waals surface area contributed by atoms with Crippen molar-refractivity contribution in [1.82, 2.24) is 14.8 Å². The number of nitrogens with zero attached hydrogens (tertiary/aromatic N) is 3. The van der Waals surface area contributed by atoms with Crippen molar-refractivity contribution in [3.63, 3.8) is 0 Å². The molecule has 2 rings (SSSR count). The third-order valence-corrected chi connectivity index (χ3v) is 2.28. The summed E-state index contributed by atoms with van der Waals surface area (Å²) in [6.45, 7) is 1.81. The van der Waals surface area contributed by atoms with Gasteiger partial charge in [0, 0.05) is 4.47 Å². The quantitative estimate of drug-likeness (QED) is 0.844. The zero-order valence-electron chi connectivity index (χ0n) is 7.61. The lowest BCUT2D eigenvalue weighted by molar-refractivity contribution is 0.871. The minimum Gasteiger partial charge on any atom is -0.368 e. The summed E-state index contributed by atoms with van der Waals surface area (Å²) in [7, 11) is 0. The molecule has 0 saturated heterocycles. The van der Waals surface area contributed by atoms with Gasteiger partial charge in [-0.1, -0.05) is 22.0 Å². The van der Waals surface area contributed by atoms with Crippen molar-refractivity contribution in [2.75, 3.05) is 5.73 Å². The molecule has 1 heterocycles. The smallest absolute Gasteiger partial charge is 0.223 e. The van der Waals surface area contributed by atoms with Crippen LogP contribution >= 0.6 is 15.9 Å². The maximum atomic E-state index is 5.70. The van der Waals surface area contributed by atoms with E-state index in [1.54, 1.807) is 4.68 Å². The van der Waals surface area contributed by atoms with Gasteiger partial charge >= 0.3 is 0 Å². The number of nitrogens with two attached hydrogens (primary N) is 1. The van der Waals surface area contributed by atoms with Crippen LogP contribution in [0.5, 0.6) is 0 Å². The normalized spacial score (nSPS) is 10.4. The molecule has 0 fully saturated rings. The molecular formula is C9H9BrN4. The number of aromatic nitrogens is 3. The number of aryl methyl sites for hydroxylation is 1. The van der Waals surface area contributed by atoms with E-state index in [1.165, 1.54) is 0 Å². The van der Waals surface area contributed by atoms with Gasteiger partial charge in [-0.15, -0.1) is 5.10 Å². The maximum Gasteiger partial charge on any atom is 0.223 e. The molecule has 5 heteroatoms. The SMILES string of the molecule is Cc1nc(N)n(-c2cccc(Br)c2)n1. The topological polar surface area (TPSA) is 56.7 Å². The van der Waals surface area contributed by atoms with Gasteiger partial charge in [0.05, 0.1) is 5.69 Å². The van der Waals surface area contributed by atoms with Crippen molar-refractivity contribution in [1.29, 1.82) is 0 Å². The molecule has 0 aliphatic heterocycles. The second kappa shape index (κ2) is 3.42. The summed E-state index contributed by atoms with van der Waals surface area (Å²) >= 11 is 3.39. The lowest BCUT2D eigenvalue weighted by atomic mass is 10.3. The van der Waals surface area contributed by atoms with Gasteiger partial charge in [0.15, 0.2) is 0 Å². The van der Waals surface area contributed by atoms with Gasteiger partial charge in [-0.2, -0.15) is 9.67 Å². The number of benzene rings is 1. The van der Waals surface area contributed by atoms with E-state index in [4.69, 9.17) is 5.73 Å². The van der Waals surface area contributed by atoms with E-state index in [2.05, 4.69) is 26.0 Å². The van der Waals surface area contributed by atoms with Crippen LogP contribution in [0.3, 0.4) is 0 Å². The Kier molecular flexibility index (Phi) is 2.25. The Labute approximate surface area is 89.9 Å². The molecule has 1 aromatic heterocycles. The van der Waals surface area contributed by atoms with Crippen molar-refractivity contribution in [2.45, 2.75) is 6.92 Å². The van der Waals surface area contributed by atoms with Crippen LogP contribution in [0.4, 0.5) is 5.95 Å². The van der Waals surface area contributed by atoms with Gasteiger partial charge < -0.3 is 5.73 Å². The number of anilines is 1. The lowest BCUT2D eigenvalue weighted by Gasteiger charge is -2.01. The standard InChI is InChI=1S/C9H9BrN4/c1-6-12-9(11)14(13-6)8-4-2-3-7(10)5-8/h2-5H,1H3,(H2,11,12,13). The first-order valence-corrected chi connectivity index (χ1v) is 4.91. The number of nitrogen functional groups attached to an aromatic ring is 1. The highest BCUT2D eigenvalue weighted by Gasteiger charge is 2.05. The van der Waals surface area contributed by atoms with E-state index in [-0.39, 0.29) is 0 Å². The van der Waals surface area contributed by atoms with Gasteiger partial charge in [0.2, 0.25) is 5.95 Å². The maximum absolute atomic E-state index is 5.70. The molecule has 0 spiro atoms. The molecule has 0 aliphatic carbocycles. The molecule has 72 valence electrons. The third-order valence-electron chi connectivity index (χ3n) is 1.79. The Morgan fingerprint density at radius 1 is 1.43 bits per heavy atom. The first-order valence-electron chi connectivity index (χ1n) is 4.12. The lowest BCUT2D eigenvalue weighted by Crippen LogP contribution is -2.02. The molecule has 0 saturated carbocycles. The molecule has 14 heavy (non-hydrogen) atoms. The summed E-state index contributed by atoms with van der Waals surface area (Å²) in [5, 5.41) is 4.18. The zero-order valence-corrected chi connectivity index (χ0v) is 9.19. The number of rotatable bonds is 1. The monoisotopic (exact) mass is 252 g/mol. The third kappa shape index (κ3) is 1.63. The minimum absolute atomic E-state index is 0.403. The summed E-state index contributed by atoms with van der Waals surface area (Å²) in [5.41, 5.74) is 6.60. The summed E-state index contributed by atoms with van der Waals surface area (Å²) in [5.74, 6) is 1.07. The Hall–Kier alpha value is -1.36. The van der Waals surface area contributed by atoms with Crippen molar-refractivity contribution >= 4 is 21.9 Å². The first-order chi connectivity index (χ1) is 6.66. The largest absolute Gasteiger partial charge is 0.368 e. The summed E-state index contributed by atoms with van der Waals surface area (Å²) in [6, 6.07) is 7.74. The number of hydrogen-bond donors (Lipinski definition) is 1.